The van der Waals surface area contributed by atoms with Crippen LogP contribution in [-0.2, 0) is 4.74 Å². The van der Waals surface area contributed by atoms with E-state index in [4.69, 9.17) is 9.84 Å². The number of aliphatic hydroxyl groups is 1. The fourth-order valence-electron chi connectivity index (χ4n) is 1.64. The van der Waals surface area contributed by atoms with Crippen molar-refractivity contribution in [2.75, 3.05) is 6.61 Å². The van der Waals surface area contributed by atoms with Gasteiger partial charge in [0.15, 0.2) is 0 Å². The van der Waals surface area contributed by atoms with Crippen LogP contribution in [0.2, 0.25) is 0 Å². The molecule has 0 saturated carbocycles. The van der Waals surface area contributed by atoms with E-state index in [0.717, 1.165) is 0 Å². The SMILES string of the molecule is CC(C)(C)OC(=O)NC(CCO)c1ccccc1F. The second kappa shape index (κ2) is 6.52. The van der Waals surface area contributed by atoms with Crippen LogP contribution in [0.3, 0.4) is 0 Å². The molecule has 0 radical (unpaired) electrons. The van der Waals surface area contributed by atoms with Crippen molar-refractivity contribution in [3.8, 4) is 0 Å². The maximum absolute atomic E-state index is 13.7. The summed E-state index contributed by atoms with van der Waals surface area (Å²) in [7, 11) is 0. The molecule has 0 aromatic heterocycles. The first-order valence-electron chi connectivity index (χ1n) is 6.18. The molecule has 0 aliphatic rings. The molecule has 2 N–H and O–H groups in total. The number of hydrogen-bond acceptors (Lipinski definition) is 3. The fraction of sp³-hybridized carbons (Fsp3) is 0.500. The molecule has 0 fully saturated rings. The molecule has 1 amide bonds. The smallest absolute Gasteiger partial charge is 0.408 e. The molecule has 19 heavy (non-hydrogen) atoms. The zero-order valence-electron chi connectivity index (χ0n) is 11.4. The first-order chi connectivity index (χ1) is 8.83. The third-order valence-electron chi connectivity index (χ3n) is 2.39. The highest BCUT2D eigenvalue weighted by Crippen LogP contribution is 2.20. The zero-order valence-corrected chi connectivity index (χ0v) is 11.4. The summed E-state index contributed by atoms with van der Waals surface area (Å²) in [4.78, 5) is 11.7. The lowest BCUT2D eigenvalue weighted by Crippen LogP contribution is -2.35. The number of nitrogens with one attached hydrogen (secondary N) is 1. The van der Waals surface area contributed by atoms with Crippen LogP contribution in [0.5, 0.6) is 0 Å². The molecule has 4 nitrogen and oxygen atoms in total. The van der Waals surface area contributed by atoms with E-state index in [-0.39, 0.29) is 13.0 Å². The number of alkyl carbamates (subject to hydrolysis) is 1. The van der Waals surface area contributed by atoms with Crippen LogP contribution < -0.4 is 5.32 Å². The second-order valence-electron chi connectivity index (χ2n) is 5.23. The van der Waals surface area contributed by atoms with Gasteiger partial charge in [0.05, 0.1) is 6.04 Å². The van der Waals surface area contributed by atoms with Gasteiger partial charge < -0.3 is 15.2 Å². The Morgan fingerprint density at radius 3 is 2.58 bits per heavy atom. The lowest BCUT2D eigenvalue weighted by atomic mass is 10.0. The minimum Gasteiger partial charge on any atom is -0.444 e. The second-order valence-corrected chi connectivity index (χ2v) is 5.23. The Kier molecular flexibility index (Phi) is 5.30. The van der Waals surface area contributed by atoms with E-state index in [9.17, 15) is 9.18 Å². The van der Waals surface area contributed by atoms with E-state index in [1.165, 1.54) is 6.07 Å². The average molecular weight is 269 g/mol. The molecule has 1 rings (SSSR count). The molecule has 0 aliphatic heterocycles. The fourth-order valence-corrected chi connectivity index (χ4v) is 1.64. The molecule has 0 heterocycles. The largest absolute Gasteiger partial charge is 0.444 e. The van der Waals surface area contributed by atoms with E-state index in [2.05, 4.69) is 5.32 Å². The van der Waals surface area contributed by atoms with Gasteiger partial charge in [-0.1, -0.05) is 18.2 Å². The number of benzene rings is 1. The van der Waals surface area contributed by atoms with Crippen molar-refractivity contribution in [3.63, 3.8) is 0 Å². The van der Waals surface area contributed by atoms with Crippen LogP contribution >= 0.6 is 0 Å². The van der Waals surface area contributed by atoms with Crippen LogP contribution in [0, 0.1) is 5.82 Å². The highest BCUT2D eigenvalue weighted by molar-refractivity contribution is 5.68. The number of amides is 1. The van der Waals surface area contributed by atoms with Gasteiger partial charge in [0, 0.05) is 12.2 Å². The van der Waals surface area contributed by atoms with Gasteiger partial charge in [0.1, 0.15) is 11.4 Å². The molecule has 1 aromatic carbocycles. The number of rotatable bonds is 4. The summed E-state index contributed by atoms with van der Waals surface area (Å²) in [5.41, 5.74) is -0.286. The number of hydrogen-bond donors (Lipinski definition) is 2. The van der Waals surface area contributed by atoms with Gasteiger partial charge >= 0.3 is 6.09 Å². The molecule has 0 saturated heterocycles. The molecule has 1 aromatic rings. The van der Waals surface area contributed by atoms with Crippen molar-refractivity contribution in [1.82, 2.24) is 5.32 Å². The first kappa shape index (κ1) is 15.4. The first-order valence-corrected chi connectivity index (χ1v) is 6.18. The van der Waals surface area contributed by atoms with Gasteiger partial charge in [-0.05, 0) is 33.3 Å². The lowest BCUT2D eigenvalue weighted by molar-refractivity contribution is 0.0495. The van der Waals surface area contributed by atoms with Gasteiger partial charge in [-0.15, -0.1) is 0 Å². The van der Waals surface area contributed by atoms with E-state index in [1.54, 1.807) is 39.0 Å². The molecule has 5 heteroatoms. The molecule has 0 spiro atoms. The summed E-state index contributed by atoms with van der Waals surface area (Å²) >= 11 is 0. The lowest BCUT2D eigenvalue weighted by Gasteiger charge is -2.23. The molecule has 0 aliphatic carbocycles. The highest BCUT2D eigenvalue weighted by Gasteiger charge is 2.21. The standard InChI is InChI=1S/C14H20FNO3/c1-14(2,3)19-13(18)16-12(8-9-17)10-6-4-5-7-11(10)15/h4-7,12,17H,8-9H2,1-3H3,(H,16,18). The van der Waals surface area contributed by atoms with Crippen molar-refractivity contribution in [2.45, 2.75) is 38.8 Å². The third kappa shape index (κ3) is 5.26. The highest BCUT2D eigenvalue weighted by atomic mass is 19.1. The topological polar surface area (TPSA) is 58.6 Å². The normalized spacial score (nSPS) is 12.9. The van der Waals surface area contributed by atoms with Crippen molar-refractivity contribution in [2.24, 2.45) is 0 Å². The van der Waals surface area contributed by atoms with E-state index in [0.29, 0.717) is 5.56 Å². The summed E-state index contributed by atoms with van der Waals surface area (Å²) in [6.45, 7) is 5.08. The van der Waals surface area contributed by atoms with Gasteiger partial charge in [0.25, 0.3) is 0 Å². The summed E-state index contributed by atoms with van der Waals surface area (Å²) < 4.78 is 18.8. The number of halogens is 1. The predicted molar refractivity (Wildman–Crippen MR) is 70.2 cm³/mol. The van der Waals surface area contributed by atoms with Crippen molar-refractivity contribution in [1.29, 1.82) is 0 Å². The Morgan fingerprint density at radius 2 is 2.05 bits per heavy atom. The number of ether oxygens (including phenoxy) is 1. The van der Waals surface area contributed by atoms with E-state index >= 15 is 0 Å². The van der Waals surface area contributed by atoms with Crippen molar-refractivity contribution < 1.29 is 19.0 Å². The summed E-state index contributed by atoms with van der Waals surface area (Å²) in [5, 5.41) is 11.6. The Bertz CT molecular complexity index is 429. The Morgan fingerprint density at radius 1 is 1.42 bits per heavy atom. The minimum atomic E-state index is -0.630. The summed E-state index contributed by atoms with van der Waals surface area (Å²) in [5.74, 6) is -0.419. The zero-order chi connectivity index (χ0) is 14.5. The monoisotopic (exact) mass is 269 g/mol. The number of carbonyl (C=O) groups is 1. The minimum absolute atomic E-state index is 0.158. The van der Waals surface area contributed by atoms with E-state index in [1.807, 2.05) is 0 Å². The molecule has 1 atom stereocenters. The molecular formula is C14H20FNO3. The predicted octanol–water partition coefficient (Wildman–Crippen LogP) is 2.77. The quantitative estimate of drug-likeness (QED) is 0.883. The van der Waals surface area contributed by atoms with Gasteiger partial charge in [-0.2, -0.15) is 0 Å². The van der Waals surface area contributed by atoms with Gasteiger partial charge in [-0.25, -0.2) is 9.18 Å². The van der Waals surface area contributed by atoms with Gasteiger partial charge in [-0.3, -0.25) is 0 Å². The summed E-state index contributed by atoms with van der Waals surface area (Å²) in [6.07, 6.45) is -0.408. The average Bonchev–Trinajstić information content (AvgIpc) is 2.26. The van der Waals surface area contributed by atoms with Crippen molar-refractivity contribution in [3.05, 3.63) is 35.6 Å². The maximum atomic E-state index is 13.7. The van der Waals surface area contributed by atoms with Crippen LogP contribution in [0.25, 0.3) is 0 Å². The maximum Gasteiger partial charge on any atom is 0.408 e. The van der Waals surface area contributed by atoms with Crippen LogP contribution in [-0.4, -0.2) is 23.4 Å². The van der Waals surface area contributed by atoms with Crippen LogP contribution in [0.4, 0.5) is 9.18 Å². The number of carbonyl (C=O) groups excluding carboxylic acids is 1. The molecule has 0 bridgehead atoms. The molecule has 106 valence electrons. The molecule has 1 unspecified atom stereocenters. The Balaban J connectivity index is 2.79. The molecular weight excluding hydrogens is 249 g/mol. The third-order valence-corrected chi connectivity index (χ3v) is 2.39. The summed E-state index contributed by atoms with van der Waals surface area (Å²) in [6, 6.07) is 5.53. The van der Waals surface area contributed by atoms with Crippen LogP contribution in [0.15, 0.2) is 24.3 Å². The van der Waals surface area contributed by atoms with Crippen molar-refractivity contribution >= 4 is 6.09 Å². The van der Waals surface area contributed by atoms with E-state index < -0.39 is 23.6 Å². The number of aliphatic hydroxyl groups excluding tert-OH is 1. The van der Waals surface area contributed by atoms with Crippen LogP contribution in [0.1, 0.15) is 38.8 Å². The van der Waals surface area contributed by atoms with Gasteiger partial charge in [0.2, 0.25) is 0 Å². The Labute approximate surface area is 112 Å². The Hall–Kier alpha value is -1.62.